The average molecular weight is 207 g/mol. The first-order valence-electron chi connectivity index (χ1n) is 0.667. The fraction of sp³-hybridized carbons (Fsp3) is 0. The van der Waals surface area contributed by atoms with Gasteiger partial charge < -0.3 is 9.11 Å². The standard InChI is InChI=1S/Cr.Ni.H2O4S/c;;1-5(2,3)4/h;;(H2,1,2,3,4)/q+3;+2;/p-2. The van der Waals surface area contributed by atoms with Crippen LogP contribution in [-0.4, -0.2) is 17.5 Å². The first-order valence-corrected chi connectivity index (χ1v) is 2.00. The molecule has 0 heterocycles. The minimum atomic E-state index is -5.17. The minimum Gasteiger partial charge on any atom is -0.759 e. The molecular weight excluding hydrogens is 207 g/mol. The molecule has 0 aliphatic carbocycles. The van der Waals surface area contributed by atoms with Crippen LogP contribution in [0.4, 0.5) is 0 Å². The molecule has 43 valence electrons. The molecule has 7 heavy (non-hydrogen) atoms. The van der Waals surface area contributed by atoms with E-state index in [2.05, 4.69) is 0 Å². The minimum absolute atomic E-state index is 0. The Morgan fingerprint density at radius 2 is 1.14 bits per heavy atom. The van der Waals surface area contributed by atoms with Gasteiger partial charge in [0.2, 0.25) is 0 Å². The van der Waals surface area contributed by atoms with Gasteiger partial charge in [-0.15, -0.1) is 0 Å². The summed E-state index contributed by atoms with van der Waals surface area (Å²) in [6.07, 6.45) is 0. The van der Waals surface area contributed by atoms with E-state index in [-0.39, 0.29) is 33.9 Å². The van der Waals surface area contributed by atoms with Crippen LogP contribution in [0.25, 0.3) is 0 Å². The van der Waals surface area contributed by atoms with Crippen LogP contribution in [0.2, 0.25) is 0 Å². The van der Waals surface area contributed by atoms with Crippen molar-refractivity contribution in [3.8, 4) is 0 Å². The van der Waals surface area contributed by atoms with Crippen LogP contribution in [0.3, 0.4) is 0 Å². The van der Waals surface area contributed by atoms with Gasteiger partial charge in [-0.25, -0.2) is 0 Å². The summed E-state index contributed by atoms with van der Waals surface area (Å²) in [5, 5.41) is 0. The largest absolute Gasteiger partial charge is 3.00 e. The topological polar surface area (TPSA) is 80.3 Å². The quantitative estimate of drug-likeness (QED) is 0.279. The summed E-state index contributed by atoms with van der Waals surface area (Å²) in [7, 11) is -5.17. The summed E-state index contributed by atoms with van der Waals surface area (Å²) >= 11 is 0. The van der Waals surface area contributed by atoms with E-state index in [4.69, 9.17) is 17.5 Å². The average Bonchev–Trinajstić information content (AvgIpc) is 0.722. The number of rotatable bonds is 0. The third-order valence-corrected chi connectivity index (χ3v) is 0. The zero-order chi connectivity index (χ0) is 4.50. The van der Waals surface area contributed by atoms with Gasteiger partial charge in [0.25, 0.3) is 0 Å². The molecule has 0 saturated heterocycles. The maximum atomic E-state index is 8.52. The van der Waals surface area contributed by atoms with Crippen molar-refractivity contribution in [3.05, 3.63) is 0 Å². The van der Waals surface area contributed by atoms with Crippen LogP contribution in [0.1, 0.15) is 0 Å². The molecular formula is CrNiO4S+3. The van der Waals surface area contributed by atoms with E-state index in [1.54, 1.807) is 0 Å². The van der Waals surface area contributed by atoms with Gasteiger partial charge in [-0.1, -0.05) is 0 Å². The van der Waals surface area contributed by atoms with Crippen molar-refractivity contribution in [1.29, 1.82) is 0 Å². The zero-order valence-electron chi connectivity index (χ0n) is 2.77. The molecule has 0 rings (SSSR count). The Labute approximate surface area is 61.9 Å². The van der Waals surface area contributed by atoms with E-state index in [9.17, 15) is 0 Å². The summed E-state index contributed by atoms with van der Waals surface area (Å²) in [6.45, 7) is 0. The van der Waals surface area contributed by atoms with Gasteiger partial charge in [0.1, 0.15) is 0 Å². The van der Waals surface area contributed by atoms with Crippen molar-refractivity contribution in [2.75, 3.05) is 0 Å². The van der Waals surface area contributed by atoms with Gasteiger partial charge in [0.15, 0.2) is 0 Å². The molecule has 7 heteroatoms. The molecule has 1 radical (unpaired) electrons. The van der Waals surface area contributed by atoms with Crippen molar-refractivity contribution in [3.63, 3.8) is 0 Å². The van der Waals surface area contributed by atoms with Gasteiger partial charge in [-0.05, 0) is 0 Å². The summed E-state index contributed by atoms with van der Waals surface area (Å²) in [5.74, 6) is 0. The summed E-state index contributed by atoms with van der Waals surface area (Å²) in [5.41, 5.74) is 0. The van der Waals surface area contributed by atoms with E-state index in [0.29, 0.717) is 0 Å². The summed E-state index contributed by atoms with van der Waals surface area (Å²) < 4.78 is 34.1. The molecule has 4 nitrogen and oxygen atoms in total. The Kier molecular flexibility index (Phi) is 11.3. The molecule has 0 aromatic heterocycles. The second-order valence-corrected chi connectivity index (χ2v) is 1.22. The second-order valence-electron chi connectivity index (χ2n) is 0.408. The van der Waals surface area contributed by atoms with Crippen LogP contribution in [0.5, 0.6) is 0 Å². The summed E-state index contributed by atoms with van der Waals surface area (Å²) in [6, 6.07) is 0. The molecule has 0 atom stereocenters. The van der Waals surface area contributed by atoms with Crippen LogP contribution in [-0.2, 0) is 44.3 Å². The van der Waals surface area contributed by atoms with Crippen LogP contribution in [0.15, 0.2) is 0 Å². The van der Waals surface area contributed by atoms with Crippen LogP contribution >= 0.6 is 0 Å². The fourth-order valence-corrected chi connectivity index (χ4v) is 0. The van der Waals surface area contributed by atoms with E-state index in [1.807, 2.05) is 0 Å². The van der Waals surface area contributed by atoms with Crippen molar-refractivity contribution in [2.24, 2.45) is 0 Å². The zero-order valence-corrected chi connectivity index (χ0v) is 5.84. The molecule has 0 unspecified atom stereocenters. The van der Waals surface area contributed by atoms with E-state index < -0.39 is 10.4 Å². The van der Waals surface area contributed by atoms with Crippen molar-refractivity contribution >= 4 is 10.4 Å². The first-order chi connectivity index (χ1) is 2.00. The third kappa shape index (κ3) is 206. The first kappa shape index (κ1) is 15.7. The molecule has 0 N–H and O–H groups in total. The van der Waals surface area contributed by atoms with E-state index >= 15 is 0 Å². The predicted molar refractivity (Wildman–Crippen MR) is 10.5 cm³/mol. The number of hydrogen-bond donors (Lipinski definition) is 0. The monoisotopic (exact) mass is 206 g/mol. The Morgan fingerprint density at radius 3 is 1.14 bits per heavy atom. The normalized spacial score (nSPS) is 8.29. The maximum absolute atomic E-state index is 8.52. The third-order valence-electron chi connectivity index (χ3n) is 0. The van der Waals surface area contributed by atoms with Gasteiger partial charge in [-0.3, -0.25) is 8.42 Å². The Hall–Kier alpha value is 0.896. The van der Waals surface area contributed by atoms with Gasteiger partial charge in [0.05, 0.1) is 0 Å². The maximum Gasteiger partial charge on any atom is 3.00 e. The summed E-state index contributed by atoms with van der Waals surface area (Å²) in [4.78, 5) is 0. The molecule has 0 aliphatic heterocycles. The Balaban J connectivity index is -0.0000000800. The van der Waals surface area contributed by atoms with Crippen molar-refractivity contribution < 1.29 is 51.4 Å². The molecule has 0 aliphatic rings. The second kappa shape index (κ2) is 5.04. The Bertz CT molecular complexity index is 94.9. The van der Waals surface area contributed by atoms with Crippen LogP contribution < -0.4 is 0 Å². The molecule has 0 aromatic rings. The molecule has 0 aromatic carbocycles. The number of hydrogen-bond acceptors (Lipinski definition) is 4. The van der Waals surface area contributed by atoms with Gasteiger partial charge in [0, 0.05) is 10.4 Å². The van der Waals surface area contributed by atoms with Crippen LogP contribution in [0, 0.1) is 0 Å². The Morgan fingerprint density at radius 1 is 1.14 bits per heavy atom. The smallest absolute Gasteiger partial charge is 0.759 e. The predicted octanol–water partition coefficient (Wildman–Crippen LogP) is -1.34. The van der Waals surface area contributed by atoms with Gasteiger partial charge in [-0.2, -0.15) is 0 Å². The van der Waals surface area contributed by atoms with E-state index in [1.165, 1.54) is 0 Å². The fourth-order valence-electron chi connectivity index (χ4n) is 0. The molecule has 0 bridgehead atoms. The molecule has 0 spiro atoms. The molecule has 0 saturated carbocycles. The molecule has 0 amide bonds. The van der Waals surface area contributed by atoms with Crippen molar-refractivity contribution in [1.82, 2.24) is 0 Å². The molecule has 0 fully saturated rings. The SMILES string of the molecule is O=S(=O)([O-])[O-].[Cr+3].[Ni+2]. The van der Waals surface area contributed by atoms with E-state index in [0.717, 1.165) is 0 Å². The van der Waals surface area contributed by atoms with Crippen molar-refractivity contribution in [2.45, 2.75) is 0 Å². The van der Waals surface area contributed by atoms with Gasteiger partial charge >= 0.3 is 33.9 Å².